The van der Waals surface area contributed by atoms with Crippen LogP contribution in [0.4, 0.5) is 0 Å². The summed E-state index contributed by atoms with van der Waals surface area (Å²) in [6, 6.07) is 0. The summed E-state index contributed by atoms with van der Waals surface area (Å²) in [4.78, 5) is 24.7. The van der Waals surface area contributed by atoms with Crippen molar-refractivity contribution in [1.82, 2.24) is 4.90 Å². The van der Waals surface area contributed by atoms with Crippen LogP contribution in [-0.2, 0) is 9.59 Å². The first-order valence-corrected chi connectivity index (χ1v) is 6.94. The first-order valence-electron chi connectivity index (χ1n) is 5.54. The summed E-state index contributed by atoms with van der Waals surface area (Å²) in [5, 5.41) is 9.02. The van der Waals surface area contributed by atoms with E-state index in [-0.39, 0.29) is 11.8 Å². The molecule has 0 spiro atoms. The zero-order valence-electron chi connectivity index (χ0n) is 9.81. The standard InChI is InChI=1S/C11H19NO3S/c1-12(6-7-16-2)10(13)8-4-3-5-9(8)11(14)15/h8-9H,3-7H2,1-2H3,(H,14,15). The predicted octanol–water partition coefficient (Wildman–Crippen LogP) is 1.31. The summed E-state index contributed by atoms with van der Waals surface area (Å²) in [6.07, 6.45) is 4.21. The van der Waals surface area contributed by atoms with Crippen molar-refractivity contribution in [3.05, 3.63) is 0 Å². The average molecular weight is 245 g/mol. The molecule has 5 heteroatoms. The second-order valence-corrected chi connectivity index (χ2v) is 5.22. The molecule has 0 radical (unpaired) electrons. The zero-order valence-corrected chi connectivity index (χ0v) is 10.6. The van der Waals surface area contributed by atoms with Crippen molar-refractivity contribution >= 4 is 23.6 Å². The Morgan fingerprint density at radius 2 is 2.00 bits per heavy atom. The Balaban J connectivity index is 2.55. The summed E-state index contributed by atoms with van der Waals surface area (Å²) in [5.74, 6) is -0.700. The van der Waals surface area contributed by atoms with E-state index < -0.39 is 11.9 Å². The molecule has 1 amide bonds. The summed E-state index contributed by atoms with van der Waals surface area (Å²) >= 11 is 1.69. The summed E-state index contributed by atoms with van der Waals surface area (Å²) in [5.41, 5.74) is 0. The van der Waals surface area contributed by atoms with Crippen LogP contribution in [0.25, 0.3) is 0 Å². The number of nitrogens with zero attached hydrogens (tertiary/aromatic N) is 1. The van der Waals surface area contributed by atoms with Crippen LogP contribution in [0.15, 0.2) is 0 Å². The van der Waals surface area contributed by atoms with Crippen LogP contribution in [0.3, 0.4) is 0 Å². The van der Waals surface area contributed by atoms with Gasteiger partial charge in [0.15, 0.2) is 0 Å². The van der Waals surface area contributed by atoms with E-state index in [0.29, 0.717) is 13.0 Å². The average Bonchev–Trinajstić information content (AvgIpc) is 2.73. The molecule has 0 saturated heterocycles. The summed E-state index contributed by atoms with van der Waals surface area (Å²) in [7, 11) is 1.76. The highest BCUT2D eigenvalue weighted by Gasteiger charge is 2.38. The van der Waals surface area contributed by atoms with Crippen LogP contribution >= 0.6 is 11.8 Å². The van der Waals surface area contributed by atoms with E-state index in [1.54, 1.807) is 23.7 Å². The topological polar surface area (TPSA) is 57.6 Å². The third-order valence-corrected chi connectivity index (χ3v) is 3.75. The number of hydrogen-bond acceptors (Lipinski definition) is 3. The summed E-state index contributed by atoms with van der Waals surface area (Å²) < 4.78 is 0. The number of carbonyl (C=O) groups is 2. The Morgan fingerprint density at radius 1 is 1.38 bits per heavy atom. The second kappa shape index (κ2) is 6.13. The predicted molar refractivity (Wildman–Crippen MR) is 64.5 cm³/mol. The van der Waals surface area contributed by atoms with Gasteiger partial charge in [-0.2, -0.15) is 11.8 Å². The fourth-order valence-corrected chi connectivity index (χ4v) is 2.63. The number of thioether (sulfide) groups is 1. The van der Waals surface area contributed by atoms with Crippen LogP contribution in [0, 0.1) is 11.8 Å². The lowest BCUT2D eigenvalue weighted by atomic mass is 9.95. The van der Waals surface area contributed by atoms with Gasteiger partial charge in [-0.05, 0) is 19.1 Å². The van der Waals surface area contributed by atoms with Gasteiger partial charge in [0.25, 0.3) is 0 Å². The van der Waals surface area contributed by atoms with Gasteiger partial charge in [-0.25, -0.2) is 0 Å². The van der Waals surface area contributed by atoms with Crippen molar-refractivity contribution in [3.63, 3.8) is 0 Å². The van der Waals surface area contributed by atoms with E-state index in [0.717, 1.165) is 18.6 Å². The van der Waals surface area contributed by atoms with Gasteiger partial charge in [0.2, 0.25) is 5.91 Å². The Kier molecular flexibility index (Phi) is 5.12. The smallest absolute Gasteiger partial charge is 0.307 e. The fraction of sp³-hybridized carbons (Fsp3) is 0.818. The van der Waals surface area contributed by atoms with Crippen molar-refractivity contribution < 1.29 is 14.7 Å². The number of carboxylic acid groups (broad SMARTS) is 1. The monoisotopic (exact) mass is 245 g/mol. The van der Waals surface area contributed by atoms with Crippen molar-refractivity contribution in [2.24, 2.45) is 11.8 Å². The number of amides is 1. The molecule has 1 N–H and O–H groups in total. The Hall–Kier alpha value is -0.710. The van der Waals surface area contributed by atoms with E-state index >= 15 is 0 Å². The molecule has 0 bridgehead atoms. The van der Waals surface area contributed by atoms with Crippen LogP contribution in [0.5, 0.6) is 0 Å². The zero-order chi connectivity index (χ0) is 12.1. The molecule has 1 aliphatic rings. The lowest BCUT2D eigenvalue weighted by molar-refractivity contribution is -0.148. The van der Waals surface area contributed by atoms with E-state index in [4.69, 9.17) is 5.11 Å². The molecule has 1 saturated carbocycles. The molecule has 0 aromatic rings. The first-order chi connectivity index (χ1) is 7.57. The minimum absolute atomic E-state index is 0.000972. The number of aliphatic carboxylic acids is 1. The molecule has 0 aromatic heterocycles. The molecule has 16 heavy (non-hydrogen) atoms. The van der Waals surface area contributed by atoms with Crippen LogP contribution in [-0.4, -0.2) is 47.5 Å². The number of hydrogen-bond donors (Lipinski definition) is 1. The molecular weight excluding hydrogens is 226 g/mol. The molecule has 0 heterocycles. The quantitative estimate of drug-likeness (QED) is 0.793. The fourth-order valence-electron chi connectivity index (χ4n) is 2.17. The molecule has 1 rings (SSSR count). The maximum Gasteiger partial charge on any atom is 0.307 e. The van der Waals surface area contributed by atoms with E-state index in [1.165, 1.54) is 0 Å². The molecule has 2 unspecified atom stereocenters. The molecular formula is C11H19NO3S. The van der Waals surface area contributed by atoms with E-state index in [9.17, 15) is 9.59 Å². The SMILES string of the molecule is CSCCN(C)C(=O)C1CCCC1C(=O)O. The number of carboxylic acids is 1. The minimum Gasteiger partial charge on any atom is -0.481 e. The first kappa shape index (κ1) is 13.4. The van der Waals surface area contributed by atoms with E-state index in [1.807, 2.05) is 6.26 Å². The lowest BCUT2D eigenvalue weighted by Gasteiger charge is -2.23. The minimum atomic E-state index is -0.825. The van der Waals surface area contributed by atoms with Gasteiger partial charge < -0.3 is 10.0 Å². The Bertz CT molecular complexity index is 270. The van der Waals surface area contributed by atoms with Crippen molar-refractivity contribution in [2.45, 2.75) is 19.3 Å². The van der Waals surface area contributed by atoms with Gasteiger partial charge in [-0.15, -0.1) is 0 Å². The van der Waals surface area contributed by atoms with Gasteiger partial charge in [0.1, 0.15) is 0 Å². The molecule has 92 valence electrons. The van der Waals surface area contributed by atoms with Gasteiger partial charge in [-0.3, -0.25) is 9.59 Å². The molecule has 1 fully saturated rings. The van der Waals surface area contributed by atoms with Gasteiger partial charge in [0.05, 0.1) is 11.8 Å². The molecule has 1 aliphatic carbocycles. The van der Waals surface area contributed by atoms with E-state index in [2.05, 4.69) is 0 Å². The highest BCUT2D eigenvalue weighted by molar-refractivity contribution is 7.98. The van der Waals surface area contributed by atoms with Gasteiger partial charge in [0, 0.05) is 19.3 Å². The Labute approximate surface area is 100 Å². The number of rotatable bonds is 5. The van der Waals surface area contributed by atoms with Gasteiger partial charge in [-0.1, -0.05) is 6.42 Å². The van der Waals surface area contributed by atoms with Crippen LogP contribution < -0.4 is 0 Å². The largest absolute Gasteiger partial charge is 0.481 e. The third kappa shape index (κ3) is 3.14. The normalized spacial score (nSPS) is 24.4. The molecule has 0 aliphatic heterocycles. The molecule has 4 nitrogen and oxygen atoms in total. The maximum atomic E-state index is 12.0. The molecule has 2 atom stereocenters. The highest BCUT2D eigenvalue weighted by atomic mass is 32.2. The molecule has 0 aromatic carbocycles. The number of carbonyl (C=O) groups excluding carboxylic acids is 1. The third-order valence-electron chi connectivity index (χ3n) is 3.16. The van der Waals surface area contributed by atoms with Crippen LogP contribution in [0.1, 0.15) is 19.3 Å². The van der Waals surface area contributed by atoms with Crippen molar-refractivity contribution in [3.8, 4) is 0 Å². The van der Waals surface area contributed by atoms with Crippen molar-refractivity contribution in [1.29, 1.82) is 0 Å². The second-order valence-electron chi connectivity index (χ2n) is 4.23. The summed E-state index contributed by atoms with van der Waals surface area (Å²) in [6.45, 7) is 0.697. The van der Waals surface area contributed by atoms with Crippen LogP contribution in [0.2, 0.25) is 0 Å². The maximum absolute atomic E-state index is 12.0. The van der Waals surface area contributed by atoms with Crippen molar-refractivity contribution in [2.75, 3.05) is 25.6 Å². The highest BCUT2D eigenvalue weighted by Crippen LogP contribution is 2.33. The lowest BCUT2D eigenvalue weighted by Crippen LogP contribution is -2.37. The Morgan fingerprint density at radius 3 is 2.56 bits per heavy atom. The van der Waals surface area contributed by atoms with Gasteiger partial charge >= 0.3 is 5.97 Å².